The second-order valence-electron chi connectivity index (χ2n) is 6.26. The number of allylic oxidation sites excluding steroid dienone is 6. The average Bonchev–Trinajstić information content (AvgIpc) is 2.81. The minimum absolute atomic E-state index is 0.441. The Hall–Kier alpha value is -1.93. The van der Waals surface area contributed by atoms with Gasteiger partial charge in [-0.2, -0.15) is 0 Å². The van der Waals surface area contributed by atoms with E-state index in [1.54, 1.807) is 0 Å². The molecule has 0 amide bonds. The van der Waals surface area contributed by atoms with Gasteiger partial charge in [0.25, 0.3) is 0 Å². The highest BCUT2D eigenvalue weighted by molar-refractivity contribution is 5.71. The molecule has 1 saturated heterocycles. The third-order valence-corrected chi connectivity index (χ3v) is 4.66. The van der Waals surface area contributed by atoms with E-state index in [9.17, 15) is 0 Å². The van der Waals surface area contributed by atoms with Gasteiger partial charge in [0.15, 0.2) is 0 Å². The summed E-state index contributed by atoms with van der Waals surface area (Å²) in [4.78, 5) is 4.64. The average molecular weight is 383 g/mol. The van der Waals surface area contributed by atoms with Crippen LogP contribution in [0.15, 0.2) is 60.9 Å². The van der Waals surface area contributed by atoms with Gasteiger partial charge in [0.05, 0.1) is 5.69 Å². The van der Waals surface area contributed by atoms with Crippen LogP contribution in [0.2, 0.25) is 0 Å². The summed E-state index contributed by atoms with van der Waals surface area (Å²) in [6.07, 6.45) is 19.5. The minimum atomic E-state index is 0.441. The predicted molar refractivity (Wildman–Crippen MR) is 127 cm³/mol. The normalized spacial score (nSPS) is 22.7. The number of nitrogens with zero attached hydrogens (tertiary/aromatic N) is 1. The molecule has 0 spiro atoms. The van der Waals surface area contributed by atoms with E-state index in [-0.39, 0.29) is 0 Å². The van der Waals surface area contributed by atoms with Crippen molar-refractivity contribution >= 4 is 5.57 Å². The first-order valence-corrected chi connectivity index (χ1v) is 11.0. The zero-order chi connectivity index (χ0) is 21.4. The second-order valence-corrected chi connectivity index (χ2v) is 6.26. The Kier molecular flexibility index (Phi) is 15.0. The van der Waals surface area contributed by atoms with E-state index in [1.807, 2.05) is 66.8 Å². The lowest BCUT2D eigenvalue weighted by Crippen LogP contribution is -2.43. The summed E-state index contributed by atoms with van der Waals surface area (Å²) >= 11 is 0. The molecule has 2 nitrogen and oxygen atoms in total. The second kappa shape index (κ2) is 16.1. The molecule has 156 valence electrons. The summed E-state index contributed by atoms with van der Waals surface area (Å²) in [5.41, 5.74) is 3.53. The molecule has 1 fully saturated rings. The largest absolute Gasteiger partial charge is 0.303 e. The van der Waals surface area contributed by atoms with Crippen molar-refractivity contribution in [3.05, 3.63) is 72.1 Å². The van der Waals surface area contributed by atoms with Gasteiger partial charge < -0.3 is 5.32 Å². The fraction of sp³-hybridized carbons (Fsp3) is 0.500. The van der Waals surface area contributed by atoms with Crippen molar-refractivity contribution in [2.24, 2.45) is 5.92 Å². The van der Waals surface area contributed by atoms with Crippen molar-refractivity contribution in [2.45, 2.75) is 80.3 Å². The van der Waals surface area contributed by atoms with Crippen molar-refractivity contribution in [3.8, 4) is 0 Å². The van der Waals surface area contributed by atoms with Crippen LogP contribution >= 0.6 is 0 Å². The molecule has 28 heavy (non-hydrogen) atoms. The van der Waals surface area contributed by atoms with Gasteiger partial charge in [0.2, 0.25) is 0 Å². The molecule has 4 rings (SSSR count). The number of fused-ring (bicyclic) bond motifs is 2. The first-order chi connectivity index (χ1) is 13.7. The minimum Gasteiger partial charge on any atom is -0.303 e. The smallest absolute Gasteiger partial charge is 0.0698 e. The van der Waals surface area contributed by atoms with Crippen molar-refractivity contribution in [1.29, 1.82) is 0 Å². The molecule has 3 atom stereocenters. The number of pyridine rings is 1. The van der Waals surface area contributed by atoms with Gasteiger partial charge in [0, 0.05) is 18.3 Å². The number of hydrogen-bond donors (Lipinski definition) is 1. The molecule has 0 radical (unpaired) electrons. The fourth-order valence-corrected chi connectivity index (χ4v) is 3.22. The van der Waals surface area contributed by atoms with Crippen LogP contribution in [-0.4, -0.2) is 11.0 Å². The lowest BCUT2D eigenvalue weighted by atomic mass is 9.79. The number of nitrogens with one attached hydrogen (secondary N) is 1. The van der Waals surface area contributed by atoms with Gasteiger partial charge >= 0.3 is 0 Å². The predicted octanol–water partition coefficient (Wildman–Crippen LogP) is 7.67. The van der Waals surface area contributed by atoms with Crippen molar-refractivity contribution in [2.75, 3.05) is 0 Å². The molecule has 3 unspecified atom stereocenters. The molecule has 3 aliphatic rings. The molecule has 1 N–H and O–H groups in total. The van der Waals surface area contributed by atoms with E-state index in [0.717, 1.165) is 5.69 Å². The monoisotopic (exact) mass is 382 g/mol. The molecule has 2 aliphatic heterocycles. The fourth-order valence-electron chi connectivity index (χ4n) is 3.22. The SMILES string of the molecule is C/C=C\C.C/C=C\C(=C/C)c1ccc(C2NC3C=CC2CC3)cn1.CC.CC. The molecule has 0 aromatic carbocycles. The van der Waals surface area contributed by atoms with Gasteiger partial charge in [0.1, 0.15) is 0 Å². The summed E-state index contributed by atoms with van der Waals surface area (Å²) < 4.78 is 0. The van der Waals surface area contributed by atoms with Crippen LogP contribution in [0.4, 0.5) is 0 Å². The van der Waals surface area contributed by atoms with E-state index >= 15 is 0 Å². The van der Waals surface area contributed by atoms with Crippen molar-refractivity contribution < 1.29 is 0 Å². The van der Waals surface area contributed by atoms with Crippen LogP contribution in [0.3, 0.4) is 0 Å². The topological polar surface area (TPSA) is 24.9 Å². The maximum absolute atomic E-state index is 4.64. The Morgan fingerprint density at radius 1 is 0.929 bits per heavy atom. The Balaban J connectivity index is 0.000000797. The van der Waals surface area contributed by atoms with Crippen molar-refractivity contribution in [3.63, 3.8) is 0 Å². The zero-order valence-corrected chi connectivity index (χ0v) is 19.4. The molecular weight excluding hydrogens is 340 g/mol. The summed E-state index contributed by atoms with van der Waals surface area (Å²) in [6, 6.07) is 5.36. The number of hydrogen-bond acceptors (Lipinski definition) is 2. The lowest BCUT2D eigenvalue weighted by molar-refractivity contribution is 0.275. The van der Waals surface area contributed by atoms with Crippen LogP contribution < -0.4 is 5.32 Å². The Labute approximate surface area is 174 Å². The summed E-state index contributed by atoms with van der Waals surface area (Å²) in [7, 11) is 0. The third kappa shape index (κ3) is 7.98. The van der Waals surface area contributed by atoms with E-state index in [1.165, 1.54) is 24.0 Å². The summed E-state index contributed by atoms with van der Waals surface area (Å²) in [6.45, 7) is 16.1. The first-order valence-electron chi connectivity index (χ1n) is 11.0. The van der Waals surface area contributed by atoms with Gasteiger partial charge in [-0.05, 0) is 63.7 Å². The van der Waals surface area contributed by atoms with Crippen LogP contribution in [0.5, 0.6) is 0 Å². The number of aromatic nitrogens is 1. The zero-order valence-electron chi connectivity index (χ0n) is 19.4. The van der Waals surface area contributed by atoms with Crippen molar-refractivity contribution in [1.82, 2.24) is 10.3 Å². The number of rotatable bonds is 3. The van der Waals surface area contributed by atoms with Crippen LogP contribution in [0.1, 0.15) is 85.5 Å². The maximum Gasteiger partial charge on any atom is 0.0698 e. The van der Waals surface area contributed by atoms with E-state index in [2.05, 4.69) is 59.7 Å². The molecule has 2 bridgehead atoms. The highest BCUT2D eigenvalue weighted by Crippen LogP contribution is 2.36. The van der Waals surface area contributed by atoms with Gasteiger partial charge in [-0.3, -0.25) is 4.98 Å². The van der Waals surface area contributed by atoms with Gasteiger partial charge in [-0.15, -0.1) is 0 Å². The van der Waals surface area contributed by atoms with Crippen LogP contribution in [0.25, 0.3) is 5.57 Å². The highest BCUT2D eigenvalue weighted by Gasteiger charge is 2.32. The molecule has 1 aromatic heterocycles. The molecule has 0 saturated carbocycles. The van der Waals surface area contributed by atoms with E-state index < -0.39 is 0 Å². The number of piperidine rings is 1. The summed E-state index contributed by atoms with van der Waals surface area (Å²) in [5, 5.41) is 3.70. The Morgan fingerprint density at radius 3 is 1.96 bits per heavy atom. The molecule has 2 heteroatoms. The molecule has 1 aromatic rings. The Morgan fingerprint density at radius 2 is 1.61 bits per heavy atom. The molecule has 1 aliphatic carbocycles. The standard InChI is InChI=1S/C18H22N2.C4H8.2C2H6/c1-3-5-13(4-2)17-11-8-15(12-19-17)18-14-6-9-16(20-18)10-7-14;1-3-4-2;2*1-2/h3-6,8-9,11-12,14,16,18,20H,7,10H2,1-2H3;3-4H,1-2H3;2*1-2H3/b5-3-,13-4+;4-3-;;. The van der Waals surface area contributed by atoms with Crippen LogP contribution in [0, 0.1) is 5.92 Å². The van der Waals surface area contributed by atoms with E-state index in [0.29, 0.717) is 18.0 Å². The third-order valence-electron chi connectivity index (χ3n) is 4.66. The quantitative estimate of drug-likeness (QED) is 0.428. The van der Waals surface area contributed by atoms with Crippen LogP contribution in [-0.2, 0) is 0 Å². The van der Waals surface area contributed by atoms with E-state index in [4.69, 9.17) is 0 Å². The van der Waals surface area contributed by atoms with Gasteiger partial charge in [-0.1, -0.05) is 76.3 Å². The maximum atomic E-state index is 4.64. The lowest BCUT2D eigenvalue weighted by Gasteiger charge is -2.39. The van der Waals surface area contributed by atoms with Gasteiger partial charge in [-0.25, -0.2) is 0 Å². The summed E-state index contributed by atoms with van der Waals surface area (Å²) in [5.74, 6) is 0.629. The Bertz CT molecular complexity index is 616. The molecular formula is C26H42N2. The molecule has 3 heterocycles. The first kappa shape index (κ1) is 26.1. The highest BCUT2D eigenvalue weighted by atomic mass is 15.0.